The van der Waals surface area contributed by atoms with Gasteiger partial charge in [0.25, 0.3) is 5.56 Å². The van der Waals surface area contributed by atoms with Gasteiger partial charge < -0.3 is 11.1 Å². The number of hydrogen-bond donors (Lipinski definition) is 3. The number of nitrogens with zero attached hydrogens (tertiary/aromatic N) is 4. The van der Waals surface area contributed by atoms with Crippen LogP contribution in [0.3, 0.4) is 0 Å². The van der Waals surface area contributed by atoms with Crippen LogP contribution in [0.1, 0.15) is 18.8 Å². The minimum atomic E-state index is -3.60. The molecule has 0 aliphatic heterocycles. The molecule has 0 amide bonds. The molecule has 0 saturated heterocycles. The van der Waals surface area contributed by atoms with Gasteiger partial charge in [-0.25, -0.2) is 18.4 Å². The van der Waals surface area contributed by atoms with E-state index in [-0.39, 0.29) is 23.0 Å². The zero-order valence-electron chi connectivity index (χ0n) is 17.7. The van der Waals surface area contributed by atoms with Crippen LogP contribution in [0.2, 0.25) is 5.02 Å². The van der Waals surface area contributed by atoms with Crippen molar-refractivity contribution in [2.45, 2.75) is 13.0 Å². The maximum atomic E-state index is 13.5. The molecule has 10 nitrogen and oxygen atoms in total. The number of anilines is 3. The van der Waals surface area contributed by atoms with Gasteiger partial charge in [-0.1, -0.05) is 35.9 Å². The summed E-state index contributed by atoms with van der Waals surface area (Å²) in [6, 6.07) is 13.5. The van der Waals surface area contributed by atoms with E-state index in [1.54, 1.807) is 49.4 Å². The molecule has 4 N–H and O–H groups in total. The van der Waals surface area contributed by atoms with Crippen LogP contribution in [0.4, 0.5) is 17.5 Å². The summed E-state index contributed by atoms with van der Waals surface area (Å²) in [5, 5.41) is 3.69. The predicted molar refractivity (Wildman–Crippen MR) is 129 cm³/mol. The number of fused-ring (bicyclic) bond motifs is 1. The van der Waals surface area contributed by atoms with Gasteiger partial charge in [-0.05, 0) is 31.2 Å². The van der Waals surface area contributed by atoms with Crippen molar-refractivity contribution in [3.63, 3.8) is 0 Å². The summed E-state index contributed by atoms with van der Waals surface area (Å²) < 4.78 is 27.3. The maximum Gasteiger partial charge on any atom is 0.267 e. The van der Waals surface area contributed by atoms with Gasteiger partial charge in [-0.3, -0.25) is 14.1 Å². The van der Waals surface area contributed by atoms with Crippen LogP contribution >= 0.6 is 11.6 Å². The summed E-state index contributed by atoms with van der Waals surface area (Å²) in [4.78, 5) is 26.2. The Kier molecular flexibility index (Phi) is 5.91. The van der Waals surface area contributed by atoms with E-state index in [2.05, 4.69) is 20.0 Å². The molecular formula is C21H20ClN7O3S. The minimum Gasteiger partial charge on any atom is -0.368 e. The first-order valence-corrected chi connectivity index (χ1v) is 12.0. The summed E-state index contributed by atoms with van der Waals surface area (Å²) in [6.45, 7) is 1.76. The van der Waals surface area contributed by atoms with Gasteiger partial charge in [0.05, 0.1) is 40.1 Å². The van der Waals surface area contributed by atoms with Gasteiger partial charge in [0.15, 0.2) is 5.82 Å². The minimum absolute atomic E-state index is 0.0533. The molecule has 0 bridgehead atoms. The van der Waals surface area contributed by atoms with Crippen LogP contribution in [-0.4, -0.2) is 34.2 Å². The van der Waals surface area contributed by atoms with Gasteiger partial charge >= 0.3 is 0 Å². The fourth-order valence-corrected chi connectivity index (χ4v) is 4.17. The second-order valence-corrected chi connectivity index (χ2v) is 9.47. The first kappa shape index (κ1) is 22.5. The van der Waals surface area contributed by atoms with Crippen LogP contribution in [0.25, 0.3) is 16.6 Å². The van der Waals surface area contributed by atoms with Gasteiger partial charge in [0, 0.05) is 0 Å². The molecule has 0 radical (unpaired) electrons. The van der Waals surface area contributed by atoms with Gasteiger partial charge in [0.2, 0.25) is 16.0 Å². The number of nitrogens with one attached hydrogen (secondary N) is 2. The third kappa shape index (κ3) is 4.73. The molecule has 0 aliphatic carbocycles. The van der Waals surface area contributed by atoms with Crippen molar-refractivity contribution in [3.05, 3.63) is 75.9 Å². The third-order valence-corrected chi connectivity index (χ3v) is 5.64. The van der Waals surface area contributed by atoms with Crippen LogP contribution in [0.15, 0.2) is 59.5 Å². The van der Waals surface area contributed by atoms with E-state index < -0.39 is 16.1 Å². The lowest BCUT2D eigenvalue weighted by atomic mass is 10.2. The summed E-state index contributed by atoms with van der Waals surface area (Å²) in [5.74, 6) is 0.450. The van der Waals surface area contributed by atoms with E-state index in [1.807, 2.05) is 6.07 Å². The molecule has 0 saturated carbocycles. The number of rotatable bonds is 6. The number of hydrogen-bond acceptors (Lipinski definition) is 8. The summed E-state index contributed by atoms with van der Waals surface area (Å²) in [5.41, 5.74) is 6.51. The van der Waals surface area contributed by atoms with Crippen molar-refractivity contribution in [2.75, 3.05) is 22.0 Å². The molecular weight excluding hydrogens is 466 g/mol. The molecule has 170 valence electrons. The maximum absolute atomic E-state index is 13.5. The lowest BCUT2D eigenvalue weighted by Gasteiger charge is -2.21. The van der Waals surface area contributed by atoms with E-state index in [4.69, 9.17) is 22.3 Å². The topological polar surface area (TPSA) is 145 Å². The average Bonchev–Trinajstić information content (AvgIpc) is 2.75. The van der Waals surface area contributed by atoms with Gasteiger partial charge in [0.1, 0.15) is 11.5 Å². The monoisotopic (exact) mass is 485 g/mol. The van der Waals surface area contributed by atoms with Crippen LogP contribution in [0.5, 0.6) is 0 Å². The second-order valence-electron chi connectivity index (χ2n) is 7.31. The van der Waals surface area contributed by atoms with Crippen LogP contribution < -0.4 is 21.3 Å². The smallest absolute Gasteiger partial charge is 0.267 e. The van der Waals surface area contributed by atoms with E-state index in [0.717, 1.165) is 6.26 Å². The quantitative estimate of drug-likeness (QED) is 0.378. The Bertz CT molecular complexity index is 1510. The largest absolute Gasteiger partial charge is 0.368 e. The number of nitrogen functional groups attached to an aromatic ring is 1. The highest BCUT2D eigenvalue weighted by Gasteiger charge is 2.21. The second kappa shape index (κ2) is 8.68. The fraction of sp³-hybridized carbons (Fsp3) is 0.143. The Labute approximate surface area is 194 Å². The molecule has 2 aromatic carbocycles. The van der Waals surface area contributed by atoms with Crippen molar-refractivity contribution >= 4 is 50.0 Å². The number of sulfonamides is 1. The van der Waals surface area contributed by atoms with Crippen molar-refractivity contribution < 1.29 is 8.42 Å². The number of halogens is 1. The van der Waals surface area contributed by atoms with Crippen LogP contribution in [-0.2, 0) is 10.0 Å². The molecule has 4 rings (SSSR count). The molecule has 4 aromatic rings. The molecule has 12 heteroatoms. The molecule has 2 aromatic heterocycles. The van der Waals surface area contributed by atoms with E-state index in [0.29, 0.717) is 27.4 Å². The molecule has 0 aliphatic rings. The zero-order chi connectivity index (χ0) is 23.8. The first-order valence-electron chi connectivity index (χ1n) is 9.77. The van der Waals surface area contributed by atoms with Gasteiger partial charge in [-0.2, -0.15) is 4.98 Å². The van der Waals surface area contributed by atoms with Crippen molar-refractivity contribution in [3.8, 4) is 5.69 Å². The average molecular weight is 486 g/mol. The third-order valence-electron chi connectivity index (χ3n) is 4.73. The molecule has 0 spiro atoms. The molecule has 33 heavy (non-hydrogen) atoms. The SMILES string of the molecule is CC(Nc1nc(N)ncc1NS(C)(=O)=O)c1nc2cccc(Cl)c2c(=O)n1-c1ccccc1. The Morgan fingerprint density at radius 3 is 2.52 bits per heavy atom. The van der Waals surface area contributed by atoms with Gasteiger partial charge in [-0.15, -0.1) is 0 Å². The van der Waals surface area contributed by atoms with Crippen molar-refractivity contribution in [2.24, 2.45) is 0 Å². The van der Waals surface area contributed by atoms with E-state index in [9.17, 15) is 13.2 Å². The Morgan fingerprint density at radius 1 is 1.09 bits per heavy atom. The lowest BCUT2D eigenvalue weighted by molar-refractivity contribution is 0.606. The Morgan fingerprint density at radius 2 is 1.82 bits per heavy atom. The summed E-state index contributed by atoms with van der Waals surface area (Å²) in [7, 11) is -3.60. The predicted octanol–water partition coefficient (Wildman–Crippen LogP) is 2.96. The first-order chi connectivity index (χ1) is 15.6. The number of para-hydroxylation sites is 1. The van der Waals surface area contributed by atoms with E-state index in [1.165, 1.54) is 10.8 Å². The summed E-state index contributed by atoms with van der Waals surface area (Å²) in [6.07, 6.45) is 2.27. The Hall–Kier alpha value is -3.70. The van der Waals surface area contributed by atoms with Crippen molar-refractivity contribution in [1.29, 1.82) is 0 Å². The highest BCUT2D eigenvalue weighted by molar-refractivity contribution is 7.92. The molecule has 1 unspecified atom stereocenters. The number of nitrogens with two attached hydrogens (primary N) is 1. The summed E-state index contributed by atoms with van der Waals surface area (Å²) >= 11 is 6.32. The zero-order valence-corrected chi connectivity index (χ0v) is 19.2. The highest BCUT2D eigenvalue weighted by atomic mass is 35.5. The van der Waals surface area contributed by atoms with Crippen molar-refractivity contribution in [1.82, 2.24) is 19.5 Å². The molecule has 1 atom stereocenters. The number of benzene rings is 2. The number of aromatic nitrogens is 4. The van der Waals surface area contributed by atoms with Crippen LogP contribution in [0, 0.1) is 0 Å². The Balaban J connectivity index is 1.89. The molecule has 2 heterocycles. The van der Waals surface area contributed by atoms with E-state index >= 15 is 0 Å². The fourth-order valence-electron chi connectivity index (χ4n) is 3.37. The molecule has 0 fully saturated rings. The highest BCUT2D eigenvalue weighted by Crippen LogP contribution is 2.27. The normalized spacial score (nSPS) is 12.5. The lowest BCUT2D eigenvalue weighted by Crippen LogP contribution is -2.28. The standard InChI is InChI=1S/C21H20ClN7O3S/c1-12(25-18-16(28-33(2,31)32)11-24-21(23)27-18)19-26-15-10-6-9-14(22)17(15)20(30)29(19)13-7-4-3-5-8-13/h3-12,28H,1-2H3,(H3,23,24,25,27).